The number of carbonyl (C=O) groups excluding carboxylic acids is 1. The van der Waals surface area contributed by atoms with Gasteiger partial charge in [-0.3, -0.25) is 0 Å². The minimum Gasteiger partial charge on any atom is -0.462 e. The van der Waals surface area contributed by atoms with Crippen LogP contribution in [-0.2, 0) is 11.2 Å². The lowest BCUT2D eigenvalue weighted by Gasteiger charge is -2.10. The molecule has 0 aromatic carbocycles. The number of thioether (sulfide) groups is 1. The molecule has 0 unspecified atom stereocenters. The fourth-order valence-electron chi connectivity index (χ4n) is 1.69. The van der Waals surface area contributed by atoms with Crippen molar-refractivity contribution in [3.63, 3.8) is 0 Å². The molecular formula is C13H17N5O2S. The van der Waals surface area contributed by atoms with Gasteiger partial charge in [0.2, 0.25) is 0 Å². The molecule has 2 heterocycles. The molecule has 21 heavy (non-hydrogen) atoms. The number of aromatic amines is 1. The second-order valence-corrected chi connectivity index (χ2v) is 4.87. The maximum atomic E-state index is 11.9. The quantitative estimate of drug-likeness (QED) is 0.457. The average Bonchev–Trinajstić information content (AvgIpc) is 3.00. The van der Waals surface area contributed by atoms with Crippen LogP contribution in [0.4, 0.5) is 5.82 Å². The van der Waals surface area contributed by atoms with Gasteiger partial charge in [0.05, 0.1) is 12.9 Å². The van der Waals surface area contributed by atoms with Crippen molar-refractivity contribution in [2.45, 2.75) is 18.5 Å². The minimum absolute atomic E-state index is 0.316. The lowest BCUT2D eigenvalue weighted by molar-refractivity contribution is 0.0526. The van der Waals surface area contributed by atoms with E-state index >= 15 is 0 Å². The van der Waals surface area contributed by atoms with Crippen LogP contribution in [-0.4, -0.2) is 45.3 Å². The standard InChI is InChI=1S/C13H17N5O2S/c1-3-20-12(19)10-7-16-13(21-2)18-11(10)15-5-4-9-6-14-8-17-9/h6-8H,3-5H2,1-2H3,(H,14,17)(H,15,16,18). The van der Waals surface area contributed by atoms with Crippen molar-refractivity contribution in [1.29, 1.82) is 0 Å². The van der Waals surface area contributed by atoms with Crippen molar-refractivity contribution < 1.29 is 9.53 Å². The number of hydrogen-bond donors (Lipinski definition) is 2. The Hall–Kier alpha value is -2.09. The Morgan fingerprint density at radius 1 is 1.48 bits per heavy atom. The Morgan fingerprint density at radius 3 is 3.00 bits per heavy atom. The van der Waals surface area contributed by atoms with Crippen LogP contribution in [0.2, 0.25) is 0 Å². The largest absolute Gasteiger partial charge is 0.462 e. The molecule has 7 nitrogen and oxygen atoms in total. The molecule has 112 valence electrons. The van der Waals surface area contributed by atoms with Crippen LogP contribution in [0.3, 0.4) is 0 Å². The Bertz CT molecular complexity index is 588. The Kier molecular flexibility index (Phi) is 5.56. The predicted octanol–water partition coefficient (Wildman–Crippen LogP) is 1.75. The highest BCUT2D eigenvalue weighted by atomic mass is 32.2. The Morgan fingerprint density at radius 2 is 2.33 bits per heavy atom. The van der Waals surface area contributed by atoms with Crippen molar-refractivity contribution in [1.82, 2.24) is 19.9 Å². The summed E-state index contributed by atoms with van der Waals surface area (Å²) < 4.78 is 5.01. The molecule has 0 aliphatic heterocycles. The molecule has 0 spiro atoms. The number of esters is 1. The SMILES string of the molecule is CCOC(=O)c1cnc(SC)nc1NCCc1cnc[nH]1. The molecule has 2 aromatic heterocycles. The van der Waals surface area contributed by atoms with Crippen molar-refractivity contribution in [2.24, 2.45) is 0 Å². The van der Waals surface area contributed by atoms with Crippen molar-refractivity contribution in [2.75, 3.05) is 24.7 Å². The highest BCUT2D eigenvalue weighted by Gasteiger charge is 2.15. The van der Waals surface area contributed by atoms with Gasteiger partial charge in [0.1, 0.15) is 11.4 Å². The number of hydrogen-bond acceptors (Lipinski definition) is 7. The number of nitrogens with zero attached hydrogens (tertiary/aromatic N) is 3. The molecular weight excluding hydrogens is 290 g/mol. The number of imidazole rings is 1. The number of H-pyrrole nitrogens is 1. The number of anilines is 1. The Labute approximate surface area is 126 Å². The second kappa shape index (κ2) is 7.63. The van der Waals surface area contributed by atoms with Crippen LogP contribution in [0, 0.1) is 0 Å². The van der Waals surface area contributed by atoms with Gasteiger partial charge in [0.25, 0.3) is 0 Å². The molecule has 0 bridgehead atoms. The van der Waals surface area contributed by atoms with Crippen LogP contribution >= 0.6 is 11.8 Å². The molecule has 2 N–H and O–H groups in total. The summed E-state index contributed by atoms with van der Waals surface area (Å²) in [5.41, 5.74) is 1.36. The first kappa shape index (κ1) is 15.3. The molecule has 0 aliphatic carbocycles. The topological polar surface area (TPSA) is 92.8 Å². The van der Waals surface area contributed by atoms with Gasteiger partial charge in [-0.05, 0) is 13.2 Å². The van der Waals surface area contributed by atoms with Crippen molar-refractivity contribution in [3.05, 3.63) is 30.0 Å². The van der Waals surface area contributed by atoms with E-state index in [-0.39, 0.29) is 0 Å². The first-order valence-electron chi connectivity index (χ1n) is 6.53. The third kappa shape index (κ3) is 4.19. The first-order valence-corrected chi connectivity index (χ1v) is 7.76. The summed E-state index contributed by atoms with van der Waals surface area (Å²) in [4.78, 5) is 27.3. The number of aromatic nitrogens is 4. The highest BCUT2D eigenvalue weighted by molar-refractivity contribution is 7.98. The molecule has 0 amide bonds. The van der Waals surface area contributed by atoms with Gasteiger partial charge in [0, 0.05) is 31.1 Å². The van der Waals surface area contributed by atoms with Gasteiger partial charge in [0.15, 0.2) is 5.16 Å². The van der Waals surface area contributed by atoms with Gasteiger partial charge >= 0.3 is 5.97 Å². The summed E-state index contributed by atoms with van der Waals surface area (Å²) in [6.07, 6.45) is 7.53. The molecule has 2 aromatic rings. The third-order valence-corrected chi connectivity index (χ3v) is 3.25. The lowest BCUT2D eigenvalue weighted by Crippen LogP contribution is -2.14. The van der Waals surface area contributed by atoms with Crippen LogP contribution in [0.25, 0.3) is 0 Å². The highest BCUT2D eigenvalue weighted by Crippen LogP contribution is 2.17. The normalized spacial score (nSPS) is 10.4. The molecule has 0 radical (unpaired) electrons. The van der Waals surface area contributed by atoms with E-state index in [2.05, 4.69) is 25.3 Å². The van der Waals surface area contributed by atoms with Gasteiger partial charge in [-0.25, -0.2) is 19.7 Å². The summed E-state index contributed by atoms with van der Waals surface area (Å²) in [6, 6.07) is 0. The number of ether oxygens (including phenoxy) is 1. The zero-order chi connectivity index (χ0) is 15.1. The smallest absolute Gasteiger partial charge is 0.343 e. The maximum absolute atomic E-state index is 11.9. The van der Waals surface area contributed by atoms with Crippen LogP contribution in [0.1, 0.15) is 23.0 Å². The van der Waals surface area contributed by atoms with E-state index in [4.69, 9.17) is 4.74 Å². The molecule has 0 fully saturated rings. The maximum Gasteiger partial charge on any atom is 0.343 e. The third-order valence-electron chi connectivity index (χ3n) is 2.69. The van der Waals surface area contributed by atoms with E-state index in [1.807, 2.05) is 6.26 Å². The molecule has 0 aliphatic rings. The van der Waals surface area contributed by atoms with E-state index < -0.39 is 5.97 Å². The fourth-order valence-corrected chi connectivity index (χ4v) is 2.03. The zero-order valence-corrected chi connectivity index (χ0v) is 12.7. The summed E-state index contributed by atoms with van der Waals surface area (Å²) in [5.74, 6) is 0.0708. The van der Waals surface area contributed by atoms with Crippen LogP contribution in [0.15, 0.2) is 23.9 Å². The lowest BCUT2D eigenvalue weighted by atomic mass is 10.3. The van der Waals surface area contributed by atoms with E-state index in [0.29, 0.717) is 29.7 Å². The number of carbonyl (C=O) groups is 1. The summed E-state index contributed by atoms with van der Waals surface area (Å²) >= 11 is 1.42. The van der Waals surface area contributed by atoms with Gasteiger partial charge < -0.3 is 15.0 Å². The molecule has 0 saturated carbocycles. The van der Waals surface area contributed by atoms with Crippen LogP contribution in [0.5, 0.6) is 0 Å². The summed E-state index contributed by atoms with van der Waals surface area (Å²) in [6.45, 7) is 2.70. The summed E-state index contributed by atoms with van der Waals surface area (Å²) in [7, 11) is 0. The van der Waals surface area contributed by atoms with E-state index in [1.165, 1.54) is 18.0 Å². The van der Waals surface area contributed by atoms with Gasteiger partial charge in [-0.1, -0.05) is 11.8 Å². The second-order valence-electron chi connectivity index (χ2n) is 4.09. The van der Waals surface area contributed by atoms with E-state index in [0.717, 1.165) is 12.1 Å². The van der Waals surface area contributed by atoms with Gasteiger partial charge in [-0.15, -0.1) is 0 Å². The van der Waals surface area contributed by atoms with E-state index in [1.54, 1.807) is 19.4 Å². The molecule has 0 atom stereocenters. The molecule has 8 heteroatoms. The monoisotopic (exact) mass is 307 g/mol. The van der Waals surface area contributed by atoms with Gasteiger partial charge in [-0.2, -0.15) is 0 Å². The number of rotatable bonds is 7. The zero-order valence-electron chi connectivity index (χ0n) is 11.9. The fraction of sp³-hybridized carbons (Fsp3) is 0.385. The van der Waals surface area contributed by atoms with Crippen molar-refractivity contribution in [3.8, 4) is 0 Å². The Balaban J connectivity index is 2.08. The first-order chi connectivity index (χ1) is 10.2. The average molecular weight is 307 g/mol. The minimum atomic E-state index is -0.422. The van der Waals surface area contributed by atoms with E-state index in [9.17, 15) is 4.79 Å². The molecule has 0 saturated heterocycles. The van der Waals surface area contributed by atoms with Crippen LogP contribution < -0.4 is 5.32 Å². The molecule has 2 rings (SSSR count). The summed E-state index contributed by atoms with van der Waals surface area (Å²) in [5, 5.41) is 3.76. The number of nitrogens with one attached hydrogen (secondary N) is 2. The van der Waals surface area contributed by atoms with Crippen molar-refractivity contribution >= 4 is 23.5 Å². The predicted molar refractivity (Wildman–Crippen MR) is 80.6 cm³/mol.